The quantitative estimate of drug-likeness (QED) is 0.166. The van der Waals surface area contributed by atoms with Crippen LogP contribution in [0.1, 0.15) is 93.1 Å². The molecule has 25 rings (SSSR count). The van der Waals surface area contributed by atoms with Crippen LogP contribution < -0.4 is 0 Å². The molecule has 3 nitrogen and oxygen atoms in total. The van der Waals surface area contributed by atoms with Crippen LogP contribution in [0.4, 0.5) is 4.39 Å². The smallest absolute Gasteiger partial charge is 0.143 e. The Morgan fingerprint density at radius 3 is 1.29 bits per heavy atom. The summed E-state index contributed by atoms with van der Waals surface area (Å²) in [7, 11) is 0. The van der Waals surface area contributed by atoms with E-state index in [1.807, 2.05) is 108 Å². The first-order valence-corrected chi connectivity index (χ1v) is 48.4. The van der Waals surface area contributed by atoms with E-state index in [4.69, 9.17) is 13.3 Å². The first-order chi connectivity index (χ1) is 65.9. The molecule has 0 bridgehead atoms. The topological polar surface area (TPSA) is 39.4 Å². The maximum absolute atomic E-state index is 13.5. The summed E-state index contributed by atoms with van der Waals surface area (Å²) >= 11 is 3.78. The molecule has 0 aliphatic rings. The van der Waals surface area contributed by atoms with E-state index in [0.29, 0.717) is 0 Å². The Morgan fingerprint density at radius 1 is 0.213 bits per heavy atom. The van der Waals surface area contributed by atoms with Gasteiger partial charge in [0, 0.05) is 78.2 Å². The monoisotopic (exact) mass is 1800 g/mol. The Labute approximate surface area is 806 Å². The van der Waals surface area contributed by atoms with E-state index in [9.17, 15) is 4.39 Å². The predicted molar refractivity (Wildman–Crippen MR) is 590 cm³/mol. The van der Waals surface area contributed by atoms with Crippen molar-refractivity contribution in [3.05, 3.63) is 491 Å². The molecule has 0 aliphatic heterocycles. The van der Waals surface area contributed by atoms with Crippen molar-refractivity contribution in [1.29, 1.82) is 0 Å². The molecule has 0 unspecified atom stereocenters. The molecule has 6 heteroatoms. The first-order valence-electron chi connectivity index (χ1n) is 46.7. The van der Waals surface area contributed by atoms with Crippen LogP contribution in [0.3, 0.4) is 0 Å². The molecule has 0 aliphatic carbocycles. The molecule has 136 heavy (non-hydrogen) atoms. The first kappa shape index (κ1) is 92.8. The summed E-state index contributed by atoms with van der Waals surface area (Å²) in [6, 6.07) is 143. The number of hydrogen-bond donors (Lipinski definition) is 0. The molecule has 0 atom stereocenters. The molecule has 0 amide bonds. The van der Waals surface area contributed by atoms with Crippen LogP contribution in [0.25, 0.3) is 172 Å². The highest BCUT2D eigenvalue weighted by atomic mass is 32.1. The average molecular weight is 1810 g/mol. The van der Waals surface area contributed by atoms with Gasteiger partial charge in [0.1, 0.15) is 39.3 Å². The highest BCUT2D eigenvalue weighted by Crippen LogP contribution is 2.43. The summed E-state index contributed by atoms with van der Waals surface area (Å²) in [4.78, 5) is 0. The Hall–Kier alpha value is -15.1. The lowest BCUT2D eigenvalue weighted by atomic mass is 9.87. The van der Waals surface area contributed by atoms with Crippen molar-refractivity contribution < 1.29 is 17.6 Å². The molecule has 0 saturated carbocycles. The number of benzene rings is 20. The van der Waals surface area contributed by atoms with Crippen molar-refractivity contribution in [2.24, 2.45) is 0 Å². The maximum Gasteiger partial charge on any atom is 0.143 e. The van der Waals surface area contributed by atoms with E-state index < -0.39 is 0 Å². The summed E-state index contributed by atoms with van der Waals surface area (Å²) in [6.45, 7) is 32.1. The number of thiophene rings is 2. The third-order valence-electron chi connectivity index (χ3n) is 25.3. The summed E-state index contributed by atoms with van der Waals surface area (Å²) in [5.74, 6) is -0.182. The van der Waals surface area contributed by atoms with Gasteiger partial charge in [0.05, 0.1) is 0 Å². The Bertz CT molecular complexity index is 8210. The minimum absolute atomic E-state index is 0.182. The summed E-state index contributed by atoms with van der Waals surface area (Å²) in [5.41, 5.74) is 30.1. The van der Waals surface area contributed by atoms with Crippen molar-refractivity contribution in [2.45, 2.75) is 109 Å². The second kappa shape index (κ2) is 41.6. The zero-order valence-corrected chi connectivity index (χ0v) is 81.8. The van der Waals surface area contributed by atoms with Crippen molar-refractivity contribution in [2.75, 3.05) is 0 Å². The molecule has 0 saturated heterocycles. The van der Waals surface area contributed by atoms with E-state index in [0.717, 1.165) is 61.1 Å². The van der Waals surface area contributed by atoms with Crippen LogP contribution in [0.15, 0.2) is 426 Å². The average Bonchev–Trinajstić information content (AvgIpc) is 1.62. The van der Waals surface area contributed by atoms with Crippen LogP contribution in [0, 0.1) is 88.9 Å². The number of halogens is 1. The molecule has 5 aromatic heterocycles. The number of furan rings is 3. The van der Waals surface area contributed by atoms with Gasteiger partial charge in [-0.2, -0.15) is 0 Å². The van der Waals surface area contributed by atoms with Gasteiger partial charge >= 0.3 is 0 Å². The molecule has 20 aromatic carbocycles. The van der Waals surface area contributed by atoms with Crippen molar-refractivity contribution in [3.63, 3.8) is 0 Å². The largest absolute Gasteiger partial charge is 0.456 e. The van der Waals surface area contributed by atoms with Crippen molar-refractivity contribution in [3.8, 4) is 33.4 Å². The van der Waals surface area contributed by atoms with Crippen LogP contribution in [0.2, 0.25) is 0 Å². The highest BCUT2D eigenvalue weighted by molar-refractivity contribution is 7.26. The molecule has 0 radical (unpaired) electrons. The standard InChI is InChI=1S/C19H14O.C19H14S.C17H13F.C15H12.2C13H10O.C13H10S.C11H16.C10H14/c2*1-13-7-5-11-16-17-12-6-10-15(19(17)20-18(13)16)14-8-3-2-4-9-14;1-12-9-14(11-15(18)10-12)17-8-4-6-13-5-2-3-7-16(13)17;1-11-6-9-15-13(10-11)8-7-12-4-2-3-5-14(12)15;1-9-5-4-7-11-10-6-2-3-8-12(10)14-13(9)11;2*1-9-6-7-13-11(8-9)10-4-2-3-5-12(10)14-13;1-9-5-7-10(8-6-9)11(2,3)4;1-7-5-8(2)10(4)9(3)6-7/h2*2-12H,1H3;2-11H,1H3;2-10H,1H3;3*2-8H,1H3;5-8H,1-4H3;5-6H,1-4H3. The molecule has 25 aromatic rings. The molecular formula is C130H113FO3S2. The van der Waals surface area contributed by atoms with Gasteiger partial charge < -0.3 is 13.3 Å². The zero-order chi connectivity index (χ0) is 94.7. The van der Waals surface area contributed by atoms with Crippen molar-refractivity contribution >= 4 is 161 Å². The van der Waals surface area contributed by atoms with Gasteiger partial charge in [-0.05, 0) is 248 Å². The number of para-hydroxylation sites is 5. The van der Waals surface area contributed by atoms with Gasteiger partial charge in [-0.3, -0.25) is 0 Å². The number of hydrogen-bond acceptors (Lipinski definition) is 5. The van der Waals surface area contributed by atoms with E-state index in [1.54, 1.807) is 12.1 Å². The normalized spacial score (nSPS) is 11.1. The lowest BCUT2D eigenvalue weighted by Crippen LogP contribution is -2.10. The van der Waals surface area contributed by atoms with Crippen molar-refractivity contribution in [1.82, 2.24) is 0 Å². The fourth-order valence-electron chi connectivity index (χ4n) is 18.0. The number of aryl methyl sites for hydroxylation is 11. The second-order valence-corrected chi connectivity index (χ2v) is 38.7. The third-order valence-corrected chi connectivity index (χ3v) is 27.9. The van der Waals surface area contributed by atoms with Crippen LogP contribution in [-0.2, 0) is 5.41 Å². The number of rotatable bonds is 3. The van der Waals surface area contributed by atoms with E-state index >= 15 is 0 Å². The Balaban J connectivity index is 0.000000107. The van der Waals surface area contributed by atoms with Gasteiger partial charge in [0.15, 0.2) is 0 Å². The van der Waals surface area contributed by atoms with E-state index in [1.165, 1.54) is 183 Å². The summed E-state index contributed by atoms with van der Waals surface area (Å²) < 4.78 is 36.7. The lowest BCUT2D eigenvalue weighted by molar-refractivity contribution is 0.590. The predicted octanol–water partition coefficient (Wildman–Crippen LogP) is 39.2. The highest BCUT2D eigenvalue weighted by Gasteiger charge is 2.17. The molecule has 0 spiro atoms. The fraction of sp³-hybridized carbons (Fsp3) is 0.123. The Kier molecular flexibility index (Phi) is 28.4. The summed E-state index contributed by atoms with van der Waals surface area (Å²) in [6.07, 6.45) is 0. The Morgan fingerprint density at radius 2 is 0.640 bits per heavy atom. The van der Waals surface area contributed by atoms with E-state index in [-0.39, 0.29) is 11.2 Å². The molecular weight excluding hydrogens is 1690 g/mol. The van der Waals surface area contributed by atoms with Gasteiger partial charge in [0.25, 0.3) is 0 Å². The van der Waals surface area contributed by atoms with Gasteiger partial charge in [-0.15, -0.1) is 22.7 Å². The molecule has 0 fully saturated rings. The second-order valence-electron chi connectivity index (χ2n) is 36.6. The maximum atomic E-state index is 13.5. The molecule has 5 heterocycles. The van der Waals surface area contributed by atoms with E-state index in [2.05, 4.69) is 418 Å². The SMILES string of the molecule is Cc1cc(C)c(C)c(C)c1.Cc1cc(F)cc(-c2cccc3ccccc23)c1.Cc1ccc(C(C)(C)C)cc1.Cc1ccc2c(ccc3ccccc32)c1.Cc1ccc2oc3ccccc3c2c1.Cc1ccc2sc3ccccc3c2c1.Cc1cccc2c1oc1c(-c3ccccc3)cccc12.Cc1cccc2c1oc1ccccc12.Cc1cccc2c1sc1c(-c3ccccc3)cccc12. The minimum atomic E-state index is -0.182. The zero-order valence-electron chi connectivity index (χ0n) is 80.2. The van der Waals surface area contributed by atoms with Gasteiger partial charge in [-0.1, -0.05) is 407 Å². The fourth-order valence-corrected chi connectivity index (χ4v) is 20.4. The molecule has 670 valence electrons. The van der Waals surface area contributed by atoms with Crippen LogP contribution >= 0.6 is 22.7 Å². The lowest BCUT2D eigenvalue weighted by Gasteiger charge is -2.18. The molecule has 0 N–H and O–H groups in total. The summed E-state index contributed by atoms with van der Waals surface area (Å²) in [5, 5.41) is 20.4. The van der Waals surface area contributed by atoms with Crippen LogP contribution in [0.5, 0.6) is 0 Å². The third kappa shape index (κ3) is 21.1. The minimum Gasteiger partial charge on any atom is -0.456 e. The van der Waals surface area contributed by atoms with Gasteiger partial charge in [0.2, 0.25) is 0 Å². The number of fused-ring (bicyclic) bond motifs is 19. The van der Waals surface area contributed by atoms with Gasteiger partial charge in [-0.25, -0.2) is 4.39 Å². The van der Waals surface area contributed by atoms with Crippen LogP contribution in [-0.4, -0.2) is 0 Å².